The number of benzene rings is 1. The quantitative estimate of drug-likeness (QED) is 0.400. The maximum Gasteiger partial charge on any atom is 0.198 e. The van der Waals surface area contributed by atoms with Gasteiger partial charge in [0.1, 0.15) is 29.8 Å². The third kappa shape index (κ3) is 4.13. The number of nitrogens with two attached hydrogens (primary N) is 2. The number of nitrogens with zero attached hydrogens (tertiary/aromatic N) is 2. The maximum atomic E-state index is 12.4. The number of ketones is 1. The smallest absolute Gasteiger partial charge is 0.198 e. The first-order valence-electron chi connectivity index (χ1n) is 8.44. The molecular weight excluding hydrogens is 374 g/mol. The van der Waals surface area contributed by atoms with Gasteiger partial charge in [0.15, 0.2) is 12.0 Å². The van der Waals surface area contributed by atoms with Crippen molar-refractivity contribution in [3.05, 3.63) is 46.9 Å². The van der Waals surface area contributed by atoms with Crippen LogP contribution < -0.4 is 16.8 Å². The molecule has 1 aromatic heterocycles. The predicted molar refractivity (Wildman–Crippen MR) is 99.1 cm³/mol. The molecule has 1 aliphatic rings. The molecule has 27 heavy (non-hydrogen) atoms. The fourth-order valence-electron chi connectivity index (χ4n) is 2.95. The minimum atomic E-state index is -1.22. The number of carbonyl (C=O) groups is 1. The number of imidazole rings is 1. The first-order chi connectivity index (χ1) is 12.9. The second kappa shape index (κ2) is 8.34. The summed E-state index contributed by atoms with van der Waals surface area (Å²) in [5.41, 5.74) is 12.6. The Balaban J connectivity index is 1.62. The van der Waals surface area contributed by atoms with E-state index < -0.39 is 24.5 Å². The number of ether oxygens (including phenoxy) is 1. The summed E-state index contributed by atoms with van der Waals surface area (Å²) in [4.78, 5) is 16.4. The van der Waals surface area contributed by atoms with Crippen molar-refractivity contribution in [3.63, 3.8) is 0 Å². The van der Waals surface area contributed by atoms with Gasteiger partial charge in [-0.15, -0.1) is 0 Å². The van der Waals surface area contributed by atoms with Crippen molar-refractivity contribution in [1.29, 1.82) is 0 Å². The molecule has 1 fully saturated rings. The van der Waals surface area contributed by atoms with Crippen molar-refractivity contribution in [2.45, 2.75) is 31.1 Å². The molecule has 7 N–H and O–H groups in total. The predicted octanol–water partition coefficient (Wildman–Crippen LogP) is -0.331. The van der Waals surface area contributed by atoms with E-state index in [1.807, 2.05) is 12.1 Å². The van der Waals surface area contributed by atoms with Crippen LogP contribution in [0.25, 0.3) is 0 Å². The minimum absolute atomic E-state index is 0.0337. The summed E-state index contributed by atoms with van der Waals surface area (Å²) in [6.45, 7) is 0.564. The highest BCUT2D eigenvalue weighted by Gasteiger charge is 2.43. The van der Waals surface area contributed by atoms with Crippen LogP contribution in [0.2, 0.25) is 5.02 Å². The van der Waals surface area contributed by atoms with E-state index in [9.17, 15) is 15.0 Å². The standard InChI is InChI=1S/C17H22ClN5O4/c18-10-3-1-9(2-4-10)6-21-7-11(24)13-16(20)23(8-22-13)17-15(26)14(25)12(5-19)27-17/h1-4,8,12,14-15,17,21,25-26H,5-7,19-20H2/t12-,14-,15-,17-/m1/s1. The normalized spacial score (nSPS) is 25.0. The van der Waals surface area contributed by atoms with E-state index >= 15 is 0 Å². The maximum absolute atomic E-state index is 12.4. The van der Waals surface area contributed by atoms with Gasteiger partial charge in [0.2, 0.25) is 0 Å². The van der Waals surface area contributed by atoms with E-state index in [1.54, 1.807) is 12.1 Å². The van der Waals surface area contributed by atoms with E-state index in [0.717, 1.165) is 5.56 Å². The largest absolute Gasteiger partial charge is 0.387 e. The van der Waals surface area contributed by atoms with Crippen LogP contribution in [0, 0.1) is 0 Å². The lowest BCUT2D eigenvalue weighted by Crippen LogP contribution is -2.35. The highest BCUT2D eigenvalue weighted by atomic mass is 35.5. The second-order valence-corrected chi connectivity index (χ2v) is 6.76. The molecule has 10 heteroatoms. The first kappa shape index (κ1) is 19.7. The Morgan fingerprint density at radius 2 is 2.00 bits per heavy atom. The molecule has 2 heterocycles. The molecule has 3 rings (SSSR count). The Morgan fingerprint density at radius 3 is 2.63 bits per heavy atom. The van der Waals surface area contributed by atoms with Gasteiger partial charge in [-0.2, -0.15) is 0 Å². The van der Waals surface area contributed by atoms with Crippen molar-refractivity contribution < 1.29 is 19.7 Å². The monoisotopic (exact) mass is 395 g/mol. The molecule has 146 valence electrons. The van der Waals surface area contributed by atoms with Crippen LogP contribution in [-0.2, 0) is 11.3 Å². The topological polar surface area (TPSA) is 149 Å². The van der Waals surface area contributed by atoms with Gasteiger partial charge in [-0.3, -0.25) is 9.36 Å². The van der Waals surface area contributed by atoms with Crippen molar-refractivity contribution in [1.82, 2.24) is 14.9 Å². The van der Waals surface area contributed by atoms with Gasteiger partial charge >= 0.3 is 0 Å². The average Bonchev–Trinajstić information content (AvgIpc) is 3.17. The lowest BCUT2D eigenvalue weighted by atomic mass is 10.1. The summed E-state index contributed by atoms with van der Waals surface area (Å²) < 4.78 is 6.85. The zero-order valence-corrected chi connectivity index (χ0v) is 15.2. The molecule has 4 atom stereocenters. The van der Waals surface area contributed by atoms with Gasteiger partial charge in [0.05, 0.1) is 12.9 Å². The molecule has 1 aliphatic heterocycles. The lowest BCUT2D eigenvalue weighted by Gasteiger charge is -2.17. The minimum Gasteiger partial charge on any atom is -0.387 e. The lowest BCUT2D eigenvalue weighted by molar-refractivity contribution is -0.0330. The molecule has 2 aromatic rings. The van der Waals surface area contributed by atoms with Crippen molar-refractivity contribution in [3.8, 4) is 0 Å². The van der Waals surface area contributed by atoms with Gasteiger partial charge in [-0.05, 0) is 17.7 Å². The van der Waals surface area contributed by atoms with Crippen LogP contribution >= 0.6 is 11.6 Å². The highest BCUT2D eigenvalue weighted by molar-refractivity contribution is 6.30. The second-order valence-electron chi connectivity index (χ2n) is 6.32. The van der Waals surface area contributed by atoms with Crippen LogP contribution in [-0.4, -0.2) is 56.9 Å². The molecule has 0 unspecified atom stereocenters. The number of aliphatic hydroxyl groups is 2. The number of hydrogen-bond acceptors (Lipinski definition) is 8. The molecule has 9 nitrogen and oxygen atoms in total. The SMILES string of the molecule is NC[C@H]1O[C@@H](n2cnc(C(=O)CNCc3ccc(Cl)cc3)c2N)[C@H](O)[C@@H]1O. The van der Waals surface area contributed by atoms with Crippen LogP contribution in [0.1, 0.15) is 22.3 Å². The van der Waals surface area contributed by atoms with Crippen LogP contribution in [0.4, 0.5) is 5.82 Å². The summed E-state index contributed by atoms with van der Waals surface area (Å²) in [6.07, 6.45) is -2.72. The highest BCUT2D eigenvalue weighted by Crippen LogP contribution is 2.31. The summed E-state index contributed by atoms with van der Waals surface area (Å²) in [6, 6.07) is 7.27. The van der Waals surface area contributed by atoms with Crippen molar-refractivity contribution >= 4 is 23.2 Å². The number of aliphatic hydroxyl groups excluding tert-OH is 2. The third-order valence-corrected chi connectivity index (χ3v) is 4.72. The molecule has 0 saturated carbocycles. The van der Waals surface area contributed by atoms with Crippen molar-refractivity contribution in [2.24, 2.45) is 5.73 Å². The average molecular weight is 396 g/mol. The van der Waals surface area contributed by atoms with Gasteiger partial charge in [-0.25, -0.2) is 4.98 Å². The summed E-state index contributed by atoms with van der Waals surface area (Å²) in [5, 5.41) is 23.7. The molecule has 0 amide bonds. The van der Waals surface area contributed by atoms with Crippen LogP contribution in [0.15, 0.2) is 30.6 Å². The number of rotatable bonds is 7. The number of nitrogen functional groups attached to an aromatic ring is 1. The third-order valence-electron chi connectivity index (χ3n) is 4.47. The Labute approximate surface area is 160 Å². The fraction of sp³-hybridized carbons (Fsp3) is 0.412. The molecule has 0 spiro atoms. The number of halogens is 1. The number of carbonyl (C=O) groups excluding carboxylic acids is 1. The number of aromatic nitrogens is 2. The van der Waals surface area contributed by atoms with Gasteiger partial charge < -0.3 is 31.7 Å². The number of nitrogens with one attached hydrogen (secondary N) is 1. The Hall–Kier alpha value is -2.01. The number of Topliss-reactive ketones (excluding diaryl/α,β-unsaturated/α-hetero) is 1. The molecule has 1 saturated heterocycles. The zero-order valence-electron chi connectivity index (χ0n) is 14.5. The number of anilines is 1. The molecular formula is C17H22ClN5O4. The molecule has 1 aromatic carbocycles. The first-order valence-corrected chi connectivity index (χ1v) is 8.82. The van der Waals surface area contributed by atoms with Crippen LogP contribution in [0.3, 0.4) is 0 Å². The van der Waals surface area contributed by atoms with E-state index in [1.165, 1.54) is 10.9 Å². The summed E-state index contributed by atoms with van der Waals surface area (Å²) in [7, 11) is 0. The Morgan fingerprint density at radius 1 is 1.30 bits per heavy atom. The van der Waals surface area contributed by atoms with Crippen LogP contribution in [0.5, 0.6) is 0 Å². The number of hydrogen-bond donors (Lipinski definition) is 5. The molecule has 0 radical (unpaired) electrons. The summed E-state index contributed by atoms with van der Waals surface area (Å²) in [5.74, 6) is -0.245. The molecule has 0 aliphatic carbocycles. The molecule has 0 bridgehead atoms. The van der Waals surface area contributed by atoms with Gasteiger partial charge in [-0.1, -0.05) is 23.7 Å². The fourth-order valence-corrected chi connectivity index (χ4v) is 3.07. The summed E-state index contributed by atoms with van der Waals surface area (Å²) >= 11 is 5.84. The van der Waals surface area contributed by atoms with E-state index in [0.29, 0.717) is 11.6 Å². The van der Waals surface area contributed by atoms with E-state index in [-0.39, 0.29) is 30.4 Å². The van der Waals surface area contributed by atoms with Crippen molar-refractivity contribution in [2.75, 3.05) is 18.8 Å². The Kier molecular flexibility index (Phi) is 6.10. The zero-order chi connectivity index (χ0) is 19.6. The Bertz CT molecular complexity index is 797. The van der Waals surface area contributed by atoms with Gasteiger partial charge in [0, 0.05) is 18.1 Å². The van der Waals surface area contributed by atoms with E-state index in [2.05, 4.69) is 10.3 Å². The van der Waals surface area contributed by atoms with Gasteiger partial charge in [0.25, 0.3) is 0 Å². The van der Waals surface area contributed by atoms with E-state index in [4.69, 9.17) is 27.8 Å².